The van der Waals surface area contributed by atoms with Gasteiger partial charge in [-0.2, -0.15) is 0 Å². The van der Waals surface area contributed by atoms with Crippen LogP contribution in [-0.2, 0) is 0 Å². The summed E-state index contributed by atoms with van der Waals surface area (Å²) in [5.41, 5.74) is 0.374. The fourth-order valence-electron chi connectivity index (χ4n) is 1.06. The molecular formula is C13H26N2. The Hall–Kier alpha value is -0.760. The normalized spacial score (nSPS) is 12.9. The van der Waals surface area contributed by atoms with Crippen LogP contribution in [0.25, 0.3) is 0 Å². The van der Waals surface area contributed by atoms with Gasteiger partial charge in [0.1, 0.15) is 0 Å². The number of hydrogen-bond acceptors (Lipinski definition) is 2. The second kappa shape index (κ2) is 7.52. The molecule has 0 rings (SSSR count). The van der Waals surface area contributed by atoms with Crippen molar-refractivity contribution in [3.8, 4) is 0 Å². The first-order valence-corrected chi connectivity index (χ1v) is 5.60. The highest BCUT2D eigenvalue weighted by Gasteiger charge is 2.07. The van der Waals surface area contributed by atoms with Gasteiger partial charge in [-0.1, -0.05) is 39.0 Å². The zero-order chi connectivity index (χ0) is 11.7. The number of hydrogen-bond donors (Lipinski definition) is 1. The summed E-state index contributed by atoms with van der Waals surface area (Å²) in [4.78, 5) is 2.05. The third kappa shape index (κ3) is 13.2. The fourth-order valence-corrected chi connectivity index (χ4v) is 1.06. The van der Waals surface area contributed by atoms with E-state index >= 15 is 0 Å². The highest BCUT2D eigenvalue weighted by Crippen LogP contribution is 2.09. The Labute approximate surface area is 95.0 Å². The van der Waals surface area contributed by atoms with Crippen LogP contribution in [0.2, 0.25) is 0 Å². The molecule has 0 heterocycles. The van der Waals surface area contributed by atoms with Crippen molar-refractivity contribution < 1.29 is 0 Å². The summed E-state index contributed by atoms with van der Waals surface area (Å²) in [6.07, 6.45) is 9.62. The molecular weight excluding hydrogens is 184 g/mol. The molecule has 0 unspecified atom stereocenters. The molecule has 0 aliphatic carbocycles. The minimum absolute atomic E-state index is 0.374. The van der Waals surface area contributed by atoms with Crippen molar-refractivity contribution in [2.75, 3.05) is 27.2 Å². The largest absolute Gasteiger partial charge is 0.384 e. The van der Waals surface area contributed by atoms with E-state index in [1.165, 1.54) is 0 Å². The van der Waals surface area contributed by atoms with E-state index < -0.39 is 0 Å². The smallest absolute Gasteiger partial charge is 0.0135 e. The molecule has 0 aromatic rings. The minimum Gasteiger partial charge on any atom is -0.384 e. The molecule has 0 fully saturated rings. The first-order chi connectivity index (χ1) is 6.92. The monoisotopic (exact) mass is 210 g/mol. The van der Waals surface area contributed by atoms with E-state index in [-0.39, 0.29) is 0 Å². The summed E-state index contributed by atoms with van der Waals surface area (Å²) >= 11 is 0. The Morgan fingerprint density at radius 3 is 2.27 bits per heavy atom. The molecule has 0 bridgehead atoms. The highest BCUT2D eigenvalue weighted by atomic mass is 15.0. The summed E-state index contributed by atoms with van der Waals surface area (Å²) in [7, 11) is 4.07. The topological polar surface area (TPSA) is 15.3 Å². The number of nitrogens with one attached hydrogen (secondary N) is 1. The Morgan fingerprint density at radius 1 is 1.07 bits per heavy atom. The molecule has 15 heavy (non-hydrogen) atoms. The minimum atomic E-state index is 0.374. The first kappa shape index (κ1) is 14.2. The molecule has 2 heteroatoms. The van der Waals surface area contributed by atoms with Gasteiger partial charge in [0.05, 0.1) is 0 Å². The fraction of sp³-hybridized carbons (Fsp3) is 0.692. The quantitative estimate of drug-likeness (QED) is 0.535. The zero-order valence-corrected chi connectivity index (χ0v) is 10.9. The maximum absolute atomic E-state index is 3.40. The Balaban J connectivity index is 3.40. The summed E-state index contributed by atoms with van der Waals surface area (Å²) in [6.45, 7) is 8.74. The molecule has 1 N–H and O–H groups in total. The molecule has 0 aromatic heterocycles. The van der Waals surface area contributed by atoms with E-state index in [0.717, 1.165) is 19.5 Å². The van der Waals surface area contributed by atoms with Crippen molar-refractivity contribution in [3.63, 3.8) is 0 Å². The predicted molar refractivity (Wildman–Crippen MR) is 68.9 cm³/mol. The Morgan fingerprint density at radius 2 is 1.73 bits per heavy atom. The maximum atomic E-state index is 3.40. The zero-order valence-electron chi connectivity index (χ0n) is 10.9. The van der Waals surface area contributed by atoms with Crippen molar-refractivity contribution in [2.45, 2.75) is 27.2 Å². The van der Waals surface area contributed by atoms with Crippen LogP contribution in [0.1, 0.15) is 27.2 Å². The van der Waals surface area contributed by atoms with Crippen molar-refractivity contribution in [2.24, 2.45) is 5.41 Å². The Bertz CT molecular complexity index is 197. The van der Waals surface area contributed by atoms with Crippen LogP contribution < -0.4 is 5.32 Å². The lowest BCUT2D eigenvalue weighted by atomic mass is 9.97. The third-order valence-electron chi connectivity index (χ3n) is 1.76. The van der Waals surface area contributed by atoms with Gasteiger partial charge in [0.25, 0.3) is 0 Å². The maximum Gasteiger partial charge on any atom is 0.0135 e. The van der Waals surface area contributed by atoms with Gasteiger partial charge in [0, 0.05) is 27.2 Å². The van der Waals surface area contributed by atoms with Gasteiger partial charge in [0.15, 0.2) is 0 Å². The molecule has 0 aromatic carbocycles. The third-order valence-corrected chi connectivity index (χ3v) is 1.76. The van der Waals surface area contributed by atoms with E-state index in [9.17, 15) is 0 Å². The van der Waals surface area contributed by atoms with Gasteiger partial charge in [-0.3, -0.25) is 0 Å². The predicted octanol–water partition coefficient (Wildman–Crippen LogP) is 2.64. The van der Waals surface area contributed by atoms with Gasteiger partial charge < -0.3 is 10.2 Å². The van der Waals surface area contributed by atoms with E-state index in [0.29, 0.717) is 5.41 Å². The molecule has 2 nitrogen and oxygen atoms in total. The lowest BCUT2D eigenvalue weighted by Gasteiger charge is -2.17. The number of allylic oxidation sites excluding steroid dienone is 2. The first-order valence-electron chi connectivity index (χ1n) is 5.60. The van der Waals surface area contributed by atoms with Crippen molar-refractivity contribution in [3.05, 3.63) is 24.4 Å². The summed E-state index contributed by atoms with van der Waals surface area (Å²) < 4.78 is 0. The van der Waals surface area contributed by atoms with Crippen LogP contribution in [-0.4, -0.2) is 32.1 Å². The average Bonchev–Trinajstić information content (AvgIpc) is 2.07. The van der Waals surface area contributed by atoms with Crippen LogP contribution in [0.3, 0.4) is 0 Å². The van der Waals surface area contributed by atoms with E-state index in [1.54, 1.807) is 0 Å². The molecule has 0 atom stereocenters. The lowest BCUT2D eigenvalue weighted by molar-refractivity contribution is 0.388. The van der Waals surface area contributed by atoms with Gasteiger partial charge >= 0.3 is 0 Å². The number of rotatable bonds is 6. The summed E-state index contributed by atoms with van der Waals surface area (Å²) in [5.74, 6) is 0. The molecule has 0 saturated carbocycles. The summed E-state index contributed by atoms with van der Waals surface area (Å²) in [5, 5.41) is 3.40. The highest BCUT2D eigenvalue weighted by molar-refractivity contribution is 4.92. The molecule has 0 spiro atoms. The van der Waals surface area contributed by atoms with Gasteiger partial charge in [-0.25, -0.2) is 0 Å². The van der Waals surface area contributed by atoms with Crippen molar-refractivity contribution >= 4 is 0 Å². The van der Waals surface area contributed by atoms with Gasteiger partial charge in [-0.15, -0.1) is 0 Å². The second-order valence-electron chi connectivity index (χ2n) is 5.25. The standard InChI is InChI=1S/C13H26N2/c1-13(2,3)12-14-10-8-6-7-9-11-15(4)5/h6,8-9,11,14H,7,10,12H2,1-5H3/b8-6-,11-9-. The Kier molecular flexibility index (Phi) is 7.14. The molecule has 0 saturated heterocycles. The molecule has 0 aliphatic heterocycles. The molecule has 0 amide bonds. The van der Waals surface area contributed by atoms with E-state index in [2.05, 4.69) is 50.5 Å². The second-order valence-corrected chi connectivity index (χ2v) is 5.25. The average molecular weight is 210 g/mol. The molecule has 0 radical (unpaired) electrons. The van der Waals surface area contributed by atoms with Crippen LogP contribution in [0.4, 0.5) is 0 Å². The number of nitrogens with zero attached hydrogens (tertiary/aromatic N) is 1. The lowest BCUT2D eigenvalue weighted by Crippen LogP contribution is -2.26. The van der Waals surface area contributed by atoms with Crippen LogP contribution in [0.5, 0.6) is 0 Å². The van der Waals surface area contributed by atoms with Crippen molar-refractivity contribution in [1.82, 2.24) is 10.2 Å². The SMILES string of the molecule is CN(C)/C=C\C/C=C\CNCC(C)(C)C. The van der Waals surface area contributed by atoms with Crippen LogP contribution >= 0.6 is 0 Å². The van der Waals surface area contributed by atoms with Gasteiger partial charge in [-0.05, 0) is 18.0 Å². The van der Waals surface area contributed by atoms with Crippen LogP contribution in [0, 0.1) is 5.41 Å². The molecule has 88 valence electrons. The van der Waals surface area contributed by atoms with Crippen molar-refractivity contribution in [1.29, 1.82) is 0 Å². The van der Waals surface area contributed by atoms with E-state index in [1.807, 2.05) is 19.0 Å². The van der Waals surface area contributed by atoms with Gasteiger partial charge in [0.2, 0.25) is 0 Å². The van der Waals surface area contributed by atoms with E-state index in [4.69, 9.17) is 0 Å². The molecule has 0 aliphatic rings. The van der Waals surface area contributed by atoms with Crippen LogP contribution in [0.15, 0.2) is 24.4 Å². The summed E-state index contributed by atoms with van der Waals surface area (Å²) in [6, 6.07) is 0.